The summed E-state index contributed by atoms with van der Waals surface area (Å²) >= 11 is 0. The Hall–Kier alpha value is -3.20. The fourth-order valence-electron chi connectivity index (χ4n) is 2.43. The molecule has 0 radical (unpaired) electrons. The summed E-state index contributed by atoms with van der Waals surface area (Å²) in [5.74, 6) is -0.153. The number of para-hydroxylation sites is 1. The van der Waals surface area contributed by atoms with E-state index in [4.69, 9.17) is 0 Å². The van der Waals surface area contributed by atoms with Crippen LogP contribution in [-0.2, 0) is 11.2 Å². The smallest absolute Gasteiger partial charge is 0.248 e. The number of nitrogens with zero attached hydrogens (tertiary/aromatic N) is 1. The number of rotatable bonds is 5. The van der Waals surface area contributed by atoms with Crippen LogP contribution >= 0.6 is 0 Å². The number of amides is 1. The molecule has 0 bridgehead atoms. The van der Waals surface area contributed by atoms with Crippen molar-refractivity contribution < 1.29 is 4.79 Å². The van der Waals surface area contributed by atoms with Crippen LogP contribution in [0, 0.1) is 0 Å². The molecular weight excluding hydrogens is 296 g/mol. The van der Waals surface area contributed by atoms with Gasteiger partial charge in [-0.25, -0.2) is 0 Å². The Kier molecular flexibility index (Phi) is 5.15. The molecule has 2 aromatic carbocycles. The van der Waals surface area contributed by atoms with Gasteiger partial charge in [0, 0.05) is 24.2 Å². The lowest BCUT2D eigenvalue weighted by Crippen LogP contribution is -2.10. The molecule has 0 aliphatic rings. The summed E-state index contributed by atoms with van der Waals surface area (Å²) in [5.41, 5.74) is 4.03. The highest BCUT2D eigenvalue weighted by molar-refractivity contribution is 6.02. The van der Waals surface area contributed by atoms with E-state index in [-0.39, 0.29) is 5.91 Å². The molecule has 118 valence electrons. The summed E-state index contributed by atoms with van der Waals surface area (Å²) in [6, 6.07) is 21.8. The van der Waals surface area contributed by atoms with Gasteiger partial charge >= 0.3 is 0 Å². The third-order valence-corrected chi connectivity index (χ3v) is 3.62. The maximum Gasteiger partial charge on any atom is 0.248 e. The summed E-state index contributed by atoms with van der Waals surface area (Å²) in [7, 11) is 0. The predicted octanol–water partition coefficient (Wildman–Crippen LogP) is 4.32. The molecule has 1 N–H and O–H groups in total. The molecule has 1 amide bonds. The number of hydrogen-bond acceptors (Lipinski definition) is 2. The van der Waals surface area contributed by atoms with Gasteiger partial charge in [0.2, 0.25) is 5.91 Å². The monoisotopic (exact) mass is 314 g/mol. The minimum Gasteiger partial charge on any atom is -0.322 e. The fraction of sp³-hybridized carbons (Fsp3) is 0.0476. The second-order valence-electron chi connectivity index (χ2n) is 5.43. The van der Waals surface area contributed by atoms with Gasteiger partial charge in [-0.2, -0.15) is 0 Å². The summed E-state index contributed by atoms with van der Waals surface area (Å²) in [6.45, 7) is 0. The highest BCUT2D eigenvalue weighted by Gasteiger charge is 2.05. The van der Waals surface area contributed by atoms with Crippen LogP contribution in [0.5, 0.6) is 0 Å². The van der Waals surface area contributed by atoms with Crippen molar-refractivity contribution >= 4 is 17.7 Å². The van der Waals surface area contributed by atoms with Gasteiger partial charge < -0.3 is 5.32 Å². The first-order valence-electron chi connectivity index (χ1n) is 7.82. The molecule has 3 heteroatoms. The molecule has 3 aromatic rings. The number of benzene rings is 2. The van der Waals surface area contributed by atoms with E-state index in [9.17, 15) is 4.79 Å². The summed E-state index contributed by atoms with van der Waals surface area (Å²) < 4.78 is 0. The van der Waals surface area contributed by atoms with E-state index in [2.05, 4.69) is 22.4 Å². The van der Waals surface area contributed by atoms with Gasteiger partial charge in [0.15, 0.2) is 0 Å². The molecule has 1 heterocycles. The Labute approximate surface area is 141 Å². The van der Waals surface area contributed by atoms with Gasteiger partial charge in [-0.05, 0) is 41.3 Å². The molecule has 0 saturated heterocycles. The molecule has 24 heavy (non-hydrogen) atoms. The highest BCUT2D eigenvalue weighted by atomic mass is 16.1. The highest BCUT2D eigenvalue weighted by Crippen LogP contribution is 2.19. The van der Waals surface area contributed by atoms with Gasteiger partial charge in [-0.3, -0.25) is 9.78 Å². The summed E-state index contributed by atoms with van der Waals surface area (Å²) in [6.07, 6.45) is 7.48. The SMILES string of the molecule is O=C(/C=C/c1cccnc1)Nc1ccccc1Cc1ccccc1. The van der Waals surface area contributed by atoms with Crippen LogP contribution in [0.15, 0.2) is 85.2 Å². The van der Waals surface area contributed by atoms with Crippen molar-refractivity contribution in [1.82, 2.24) is 4.98 Å². The van der Waals surface area contributed by atoms with E-state index in [1.807, 2.05) is 54.6 Å². The van der Waals surface area contributed by atoms with Gasteiger partial charge in [-0.15, -0.1) is 0 Å². The van der Waals surface area contributed by atoms with Crippen LogP contribution in [-0.4, -0.2) is 10.9 Å². The van der Waals surface area contributed by atoms with Gasteiger partial charge in [0.05, 0.1) is 0 Å². The molecule has 0 aliphatic heterocycles. The van der Waals surface area contributed by atoms with Crippen molar-refractivity contribution in [2.75, 3.05) is 5.32 Å². The molecule has 0 unspecified atom stereocenters. The molecule has 3 nitrogen and oxygen atoms in total. The van der Waals surface area contributed by atoms with Crippen LogP contribution < -0.4 is 5.32 Å². The van der Waals surface area contributed by atoms with Crippen molar-refractivity contribution in [3.05, 3.63) is 102 Å². The van der Waals surface area contributed by atoms with Gasteiger partial charge in [0.1, 0.15) is 0 Å². The van der Waals surface area contributed by atoms with E-state index in [1.54, 1.807) is 18.5 Å². The maximum atomic E-state index is 12.2. The van der Waals surface area contributed by atoms with Crippen molar-refractivity contribution in [3.63, 3.8) is 0 Å². The molecule has 0 atom stereocenters. The molecule has 0 fully saturated rings. The standard InChI is InChI=1S/C21H18N2O/c24-21(13-12-18-9-6-14-22-16-18)23-20-11-5-4-10-19(20)15-17-7-2-1-3-8-17/h1-14,16H,15H2,(H,23,24)/b13-12+. The summed E-state index contributed by atoms with van der Waals surface area (Å²) in [5, 5.41) is 2.95. The van der Waals surface area contributed by atoms with E-state index >= 15 is 0 Å². The van der Waals surface area contributed by atoms with E-state index < -0.39 is 0 Å². The Bertz CT molecular complexity index is 827. The maximum absolute atomic E-state index is 12.2. The van der Waals surface area contributed by atoms with Crippen molar-refractivity contribution in [2.45, 2.75) is 6.42 Å². The zero-order valence-electron chi connectivity index (χ0n) is 13.2. The number of aromatic nitrogens is 1. The molecule has 0 spiro atoms. The largest absolute Gasteiger partial charge is 0.322 e. The lowest BCUT2D eigenvalue weighted by molar-refractivity contribution is -0.111. The van der Waals surface area contributed by atoms with E-state index in [0.717, 1.165) is 23.2 Å². The first-order valence-corrected chi connectivity index (χ1v) is 7.82. The number of pyridine rings is 1. The number of nitrogens with one attached hydrogen (secondary N) is 1. The zero-order chi connectivity index (χ0) is 16.6. The quantitative estimate of drug-likeness (QED) is 0.712. The Balaban J connectivity index is 1.71. The Morgan fingerprint density at radius 3 is 2.54 bits per heavy atom. The van der Waals surface area contributed by atoms with Crippen LogP contribution in [0.3, 0.4) is 0 Å². The number of carbonyl (C=O) groups excluding carboxylic acids is 1. The summed E-state index contributed by atoms with van der Waals surface area (Å²) in [4.78, 5) is 16.2. The molecular formula is C21H18N2O. The minimum absolute atomic E-state index is 0.153. The van der Waals surface area contributed by atoms with Crippen LogP contribution in [0.4, 0.5) is 5.69 Å². The van der Waals surface area contributed by atoms with Crippen molar-refractivity contribution in [1.29, 1.82) is 0 Å². The average molecular weight is 314 g/mol. The van der Waals surface area contributed by atoms with E-state index in [0.29, 0.717) is 0 Å². The molecule has 0 saturated carbocycles. The second kappa shape index (κ2) is 7.88. The van der Waals surface area contributed by atoms with Gasteiger partial charge in [0.25, 0.3) is 0 Å². The fourth-order valence-corrected chi connectivity index (χ4v) is 2.43. The van der Waals surface area contributed by atoms with Crippen molar-refractivity contribution in [3.8, 4) is 0 Å². The number of anilines is 1. The third kappa shape index (κ3) is 4.40. The Morgan fingerprint density at radius 2 is 1.75 bits per heavy atom. The van der Waals surface area contributed by atoms with Crippen LogP contribution in [0.2, 0.25) is 0 Å². The van der Waals surface area contributed by atoms with Crippen LogP contribution in [0.1, 0.15) is 16.7 Å². The number of carbonyl (C=O) groups is 1. The molecule has 1 aromatic heterocycles. The topological polar surface area (TPSA) is 42.0 Å². The molecule has 3 rings (SSSR count). The van der Waals surface area contributed by atoms with E-state index in [1.165, 1.54) is 11.6 Å². The minimum atomic E-state index is -0.153. The first kappa shape index (κ1) is 15.7. The first-order chi connectivity index (χ1) is 11.8. The predicted molar refractivity (Wildman–Crippen MR) is 97.6 cm³/mol. The Morgan fingerprint density at radius 1 is 0.958 bits per heavy atom. The normalized spacial score (nSPS) is 10.7. The third-order valence-electron chi connectivity index (χ3n) is 3.62. The van der Waals surface area contributed by atoms with Crippen LogP contribution in [0.25, 0.3) is 6.08 Å². The molecule has 0 aliphatic carbocycles. The number of hydrogen-bond donors (Lipinski definition) is 1. The lowest BCUT2D eigenvalue weighted by atomic mass is 10.0. The van der Waals surface area contributed by atoms with Crippen molar-refractivity contribution in [2.24, 2.45) is 0 Å². The zero-order valence-corrected chi connectivity index (χ0v) is 13.2. The second-order valence-corrected chi connectivity index (χ2v) is 5.43. The average Bonchev–Trinajstić information content (AvgIpc) is 2.63. The van der Waals surface area contributed by atoms with Gasteiger partial charge in [-0.1, -0.05) is 54.6 Å². The lowest BCUT2D eigenvalue weighted by Gasteiger charge is -2.10.